The first kappa shape index (κ1) is 18.0. The van der Waals surface area contributed by atoms with E-state index < -0.39 is 0 Å². The van der Waals surface area contributed by atoms with Crippen LogP contribution in [-0.2, 0) is 13.1 Å². The molecule has 0 spiro atoms. The molecule has 4 rings (SSSR count). The van der Waals surface area contributed by atoms with Crippen LogP contribution in [0.25, 0.3) is 22.8 Å². The van der Waals surface area contributed by atoms with E-state index >= 15 is 0 Å². The summed E-state index contributed by atoms with van der Waals surface area (Å²) in [5.41, 5.74) is 3.30. The van der Waals surface area contributed by atoms with Gasteiger partial charge in [0.25, 0.3) is 0 Å². The number of aromatic nitrogens is 4. The molecule has 5 nitrogen and oxygen atoms in total. The van der Waals surface area contributed by atoms with E-state index in [0.717, 1.165) is 42.4 Å². The van der Waals surface area contributed by atoms with Gasteiger partial charge in [0.1, 0.15) is 5.69 Å². The predicted octanol–water partition coefficient (Wildman–Crippen LogP) is 4.31. The highest BCUT2D eigenvalue weighted by Crippen LogP contribution is 2.31. The van der Waals surface area contributed by atoms with Crippen molar-refractivity contribution in [2.45, 2.75) is 52.2 Å². The molecule has 2 aromatic heterocycles. The average Bonchev–Trinajstić information content (AvgIpc) is 3.35. The Bertz CT molecular complexity index is 864. The molecule has 0 N–H and O–H groups in total. The number of imidazole rings is 2. The molecule has 3 aromatic rings. The lowest BCUT2D eigenvalue weighted by molar-refractivity contribution is 0.140. The lowest BCUT2D eigenvalue weighted by atomic mass is 10.0. The standard InChI is InChI=1S/C22H29N5/c1-3-25-14-9-8-12-19(25)16-27-17-24-20(18-10-6-5-7-11-18)21(27)22-23-13-15-26(22)4-2/h5-7,10-11,13,15,17,19H,3-4,8-9,12,14,16H2,1-2H3/t19-/m0/s1. The van der Waals surface area contributed by atoms with Crippen LogP contribution in [0.3, 0.4) is 0 Å². The van der Waals surface area contributed by atoms with Crippen LogP contribution < -0.4 is 0 Å². The van der Waals surface area contributed by atoms with Crippen LogP contribution in [0.2, 0.25) is 0 Å². The Morgan fingerprint density at radius 3 is 2.63 bits per heavy atom. The zero-order valence-electron chi connectivity index (χ0n) is 16.4. The summed E-state index contributed by atoms with van der Waals surface area (Å²) in [6.07, 6.45) is 9.85. The number of benzene rings is 1. The molecule has 1 aliphatic rings. The SMILES string of the molecule is CCN1CCCC[C@H]1Cn1cnc(-c2ccccc2)c1-c1nccn1CC. The fraction of sp³-hybridized carbons (Fsp3) is 0.455. The minimum absolute atomic E-state index is 0.574. The van der Waals surface area contributed by atoms with Gasteiger partial charge in [-0.2, -0.15) is 0 Å². The third-order valence-corrected chi connectivity index (χ3v) is 5.72. The van der Waals surface area contributed by atoms with E-state index in [2.05, 4.69) is 58.3 Å². The van der Waals surface area contributed by atoms with Gasteiger partial charge in [0.15, 0.2) is 5.82 Å². The van der Waals surface area contributed by atoms with Crippen molar-refractivity contribution in [2.24, 2.45) is 0 Å². The molecular formula is C22H29N5. The molecule has 0 bridgehead atoms. The number of nitrogens with zero attached hydrogens (tertiary/aromatic N) is 5. The molecule has 5 heteroatoms. The summed E-state index contributed by atoms with van der Waals surface area (Å²) in [6.45, 7) is 8.63. The van der Waals surface area contributed by atoms with Crippen LogP contribution >= 0.6 is 0 Å². The molecule has 1 fully saturated rings. The Hall–Kier alpha value is -2.40. The first-order chi connectivity index (χ1) is 13.3. The molecule has 0 radical (unpaired) electrons. The van der Waals surface area contributed by atoms with Crippen molar-refractivity contribution in [2.75, 3.05) is 13.1 Å². The molecule has 1 aromatic carbocycles. The number of hydrogen-bond acceptors (Lipinski definition) is 3. The number of hydrogen-bond donors (Lipinski definition) is 0. The number of likely N-dealkylation sites (N-methyl/N-ethyl adjacent to an activating group) is 1. The quantitative estimate of drug-likeness (QED) is 0.655. The number of aryl methyl sites for hydroxylation is 1. The van der Waals surface area contributed by atoms with Crippen LogP contribution in [0.15, 0.2) is 49.1 Å². The third kappa shape index (κ3) is 3.56. The van der Waals surface area contributed by atoms with E-state index in [-0.39, 0.29) is 0 Å². The van der Waals surface area contributed by atoms with Crippen molar-refractivity contribution in [3.63, 3.8) is 0 Å². The number of piperidine rings is 1. The summed E-state index contributed by atoms with van der Waals surface area (Å²) >= 11 is 0. The number of rotatable bonds is 6. The van der Waals surface area contributed by atoms with Gasteiger partial charge >= 0.3 is 0 Å². The lowest BCUT2D eigenvalue weighted by Crippen LogP contribution is -2.41. The highest BCUT2D eigenvalue weighted by molar-refractivity contribution is 5.75. The van der Waals surface area contributed by atoms with E-state index in [9.17, 15) is 0 Å². The van der Waals surface area contributed by atoms with Gasteiger partial charge in [-0.25, -0.2) is 9.97 Å². The van der Waals surface area contributed by atoms with Crippen LogP contribution in [0, 0.1) is 0 Å². The molecule has 1 atom stereocenters. The summed E-state index contributed by atoms with van der Waals surface area (Å²) in [6, 6.07) is 11.0. The van der Waals surface area contributed by atoms with Crippen LogP contribution in [0.4, 0.5) is 0 Å². The van der Waals surface area contributed by atoms with Crippen molar-refractivity contribution in [3.8, 4) is 22.8 Å². The van der Waals surface area contributed by atoms with Gasteiger partial charge in [0, 0.05) is 37.1 Å². The Morgan fingerprint density at radius 2 is 1.85 bits per heavy atom. The van der Waals surface area contributed by atoms with Gasteiger partial charge in [-0.3, -0.25) is 4.90 Å². The minimum Gasteiger partial charge on any atom is -0.330 e. The smallest absolute Gasteiger partial charge is 0.158 e. The summed E-state index contributed by atoms with van der Waals surface area (Å²) in [7, 11) is 0. The Kier molecular flexibility index (Phi) is 5.39. The fourth-order valence-electron chi connectivity index (χ4n) is 4.25. The highest BCUT2D eigenvalue weighted by Gasteiger charge is 2.25. The van der Waals surface area contributed by atoms with Crippen molar-refractivity contribution < 1.29 is 0 Å². The summed E-state index contributed by atoms with van der Waals surface area (Å²) in [4.78, 5) is 12.1. The Balaban J connectivity index is 1.77. The van der Waals surface area contributed by atoms with Crippen molar-refractivity contribution >= 4 is 0 Å². The molecule has 1 saturated heterocycles. The Morgan fingerprint density at radius 1 is 1.00 bits per heavy atom. The van der Waals surface area contributed by atoms with Gasteiger partial charge in [-0.15, -0.1) is 0 Å². The first-order valence-electron chi connectivity index (χ1n) is 10.2. The van der Waals surface area contributed by atoms with E-state index in [4.69, 9.17) is 9.97 Å². The summed E-state index contributed by atoms with van der Waals surface area (Å²) in [5, 5.41) is 0. The lowest BCUT2D eigenvalue weighted by Gasteiger charge is -2.35. The molecule has 1 aliphatic heterocycles. The second-order valence-electron chi connectivity index (χ2n) is 7.28. The molecule has 3 heterocycles. The maximum absolute atomic E-state index is 4.83. The van der Waals surface area contributed by atoms with Crippen molar-refractivity contribution in [1.82, 2.24) is 24.0 Å². The molecule has 0 unspecified atom stereocenters. The van der Waals surface area contributed by atoms with Gasteiger partial charge in [0.05, 0.1) is 12.0 Å². The zero-order valence-corrected chi connectivity index (χ0v) is 16.4. The molecule has 27 heavy (non-hydrogen) atoms. The van der Waals surface area contributed by atoms with Gasteiger partial charge < -0.3 is 9.13 Å². The summed E-state index contributed by atoms with van der Waals surface area (Å²) < 4.78 is 4.54. The van der Waals surface area contributed by atoms with Gasteiger partial charge in [-0.1, -0.05) is 43.7 Å². The van der Waals surface area contributed by atoms with E-state index in [1.54, 1.807) is 0 Å². The van der Waals surface area contributed by atoms with Crippen LogP contribution in [-0.4, -0.2) is 43.1 Å². The maximum atomic E-state index is 4.83. The van der Waals surface area contributed by atoms with E-state index in [1.165, 1.54) is 25.8 Å². The third-order valence-electron chi connectivity index (χ3n) is 5.72. The van der Waals surface area contributed by atoms with Gasteiger partial charge in [0.2, 0.25) is 0 Å². The second-order valence-corrected chi connectivity index (χ2v) is 7.28. The van der Waals surface area contributed by atoms with E-state index in [1.807, 2.05) is 18.6 Å². The fourth-order valence-corrected chi connectivity index (χ4v) is 4.25. The molecule has 142 valence electrons. The minimum atomic E-state index is 0.574. The monoisotopic (exact) mass is 363 g/mol. The largest absolute Gasteiger partial charge is 0.330 e. The first-order valence-corrected chi connectivity index (χ1v) is 10.2. The topological polar surface area (TPSA) is 38.9 Å². The predicted molar refractivity (Wildman–Crippen MR) is 109 cm³/mol. The van der Waals surface area contributed by atoms with Crippen molar-refractivity contribution in [3.05, 3.63) is 49.1 Å². The zero-order chi connectivity index (χ0) is 18.6. The van der Waals surface area contributed by atoms with Crippen molar-refractivity contribution in [1.29, 1.82) is 0 Å². The maximum Gasteiger partial charge on any atom is 0.158 e. The molecule has 0 saturated carbocycles. The molecule has 0 amide bonds. The van der Waals surface area contributed by atoms with Gasteiger partial charge in [-0.05, 0) is 32.9 Å². The second kappa shape index (κ2) is 8.09. The highest BCUT2D eigenvalue weighted by atomic mass is 15.2. The Labute approximate surface area is 161 Å². The normalized spacial score (nSPS) is 18.1. The van der Waals surface area contributed by atoms with Crippen LogP contribution in [0.5, 0.6) is 0 Å². The number of likely N-dealkylation sites (tertiary alicyclic amines) is 1. The summed E-state index contributed by atoms with van der Waals surface area (Å²) in [5.74, 6) is 1.01. The molecular weight excluding hydrogens is 334 g/mol. The molecule has 0 aliphatic carbocycles. The average molecular weight is 364 g/mol. The van der Waals surface area contributed by atoms with E-state index in [0.29, 0.717) is 6.04 Å². The van der Waals surface area contributed by atoms with Crippen LogP contribution in [0.1, 0.15) is 33.1 Å².